The summed E-state index contributed by atoms with van der Waals surface area (Å²) in [5, 5.41) is 0. The van der Waals surface area contributed by atoms with E-state index in [1.54, 1.807) is 14.2 Å². The molecule has 110 valence electrons. The third-order valence-electron chi connectivity index (χ3n) is 4.02. The molecule has 0 aromatic heterocycles. The average Bonchev–Trinajstić information content (AvgIpc) is 2.25. The Labute approximate surface area is 113 Å². The molecule has 0 rings (SSSR count). The summed E-state index contributed by atoms with van der Waals surface area (Å²) < 4.78 is 17.0. The van der Waals surface area contributed by atoms with E-state index in [0.29, 0.717) is 19.8 Å². The lowest BCUT2D eigenvalue weighted by Crippen LogP contribution is -2.49. The van der Waals surface area contributed by atoms with E-state index in [9.17, 15) is 0 Å². The summed E-state index contributed by atoms with van der Waals surface area (Å²) in [4.78, 5) is 0. The number of ether oxygens (including phenoxy) is 3. The van der Waals surface area contributed by atoms with E-state index in [0.717, 1.165) is 6.42 Å². The van der Waals surface area contributed by atoms with Crippen molar-refractivity contribution in [2.75, 3.05) is 34.0 Å². The number of hydrogen-bond donors (Lipinski definition) is 0. The molecule has 0 amide bonds. The van der Waals surface area contributed by atoms with Crippen LogP contribution in [0, 0.1) is 10.8 Å². The first-order valence-electron chi connectivity index (χ1n) is 6.76. The van der Waals surface area contributed by atoms with Crippen LogP contribution < -0.4 is 0 Å². The van der Waals surface area contributed by atoms with Crippen molar-refractivity contribution in [3.63, 3.8) is 0 Å². The number of methoxy groups -OCH3 is 2. The Hall–Kier alpha value is -0.120. The maximum atomic E-state index is 6.12. The summed E-state index contributed by atoms with van der Waals surface area (Å²) in [7, 11) is 3.47. The zero-order valence-corrected chi connectivity index (χ0v) is 13.6. The lowest BCUT2D eigenvalue weighted by Gasteiger charge is -2.45. The van der Waals surface area contributed by atoms with E-state index in [4.69, 9.17) is 14.2 Å². The molecule has 0 fully saturated rings. The quantitative estimate of drug-likeness (QED) is 0.668. The molecule has 0 bridgehead atoms. The van der Waals surface area contributed by atoms with Crippen molar-refractivity contribution in [2.45, 2.75) is 53.6 Å². The Morgan fingerprint density at radius 3 is 1.50 bits per heavy atom. The van der Waals surface area contributed by atoms with Crippen molar-refractivity contribution in [1.29, 1.82) is 0 Å². The molecule has 0 saturated carbocycles. The van der Waals surface area contributed by atoms with E-state index < -0.39 is 0 Å². The summed E-state index contributed by atoms with van der Waals surface area (Å²) in [5.41, 5.74) is -0.163. The topological polar surface area (TPSA) is 27.7 Å². The fourth-order valence-corrected chi connectivity index (χ4v) is 1.76. The standard InChI is InChI=1S/C15H32O3/c1-9-14(5,6)18-12-15(10-16-7,11-17-8)13(2,3)4/h9-12H2,1-8H3. The molecule has 0 aromatic rings. The van der Waals surface area contributed by atoms with Crippen molar-refractivity contribution in [1.82, 2.24) is 0 Å². The smallest absolute Gasteiger partial charge is 0.0624 e. The highest BCUT2D eigenvalue weighted by molar-refractivity contribution is 4.91. The SMILES string of the molecule is CCC(C)(C)OCC(COC)(COC)C(C)(C)C. The highest BCUT2D eigenvalue weighted by Gasteiger charge is 2.43. The molecule has 0 saturated heterocycles. The molecule has 0 N–H and O–H groups in total. The van der Waals surface area contributed by atoms with Gasteiger partial charge in [0.1, 0.15) is 0 Å². The molecule has 0 atom stereocenters. The van der Waals surface area contributed by atoms with E-state index in [1.165, 1.54) is 0 Å². The summed E-state index contributed by atoms with van der Waals surface area (Å²) >= 11 is 0. The maximum Gasteiger partial charge on any atom is 0.0624 e. The van der Waals surface area contributed by atoms with Gasteiger partial charge in [0.25, 0.3) is 0 Å². The van der Waals surface area contributed by atoms with Crippen LogP contribution in [0.4, 0.5) is 0 Å². The highest BCUT2D eigenvalue weighted by Crippen LogP contribution is 2.40. The molecule has 0 unspecified atom stereocenters. The van der Waals surface area contributed by atoms with Crippen LogP contribution >= 0.6 is 0 Å². The van der Waals surface area contributed by atoms with Crippen LogP contribution in [0.3, 0.4) is 0 Å². The van der Waals surface area contributed by atoms with Gasteiger partial charge >= 0.3 is 0 Å². The van der Waals surface area contributed by atoms with Crippen LogP contribution in [-0.2, 0) is 14.2 Å². The summed E-state index contributed by atoms with van der Waals surface area (Å²) in [6, 6.07) is 0. The van der Waals surface area contributed by atoms with E-state index in [1.807, 2.05) is 0 Å². The lowest BCUT2D eigenvalue weighted by atomic mass is 9.68. The van der Waals surface area contributed by atoms with E-state index in [-0.39, 0.29) is 16.4 Å². The monoisotopic (exact) mass is 260 g/mol. The second-order valence-electron chi connectivity index (χ2n) is 6.80. The Morgan fingerprint density at radius 1 is 0.778 bits per heavy atom. The van der Waals surface area contributed by atoms with Gasteiger partial charge in [0.05, 0.1) is 25.4 Å². The molecule has 0 aliphatic rings. The van der Waals surface area contributed by atoms with Gasteiger partial charge in [0.15, 0.2) is 0 Å². The number of rotatable bonds is 8. The van der Waals surface area contributed by atoms with Crippen molar-refractivity contribution in [2.24, 2.45) is 10.8 Å². The molecule has 0 heterocycles. The minimum atomic E-state index is -0.122. The summed E-state index contributed by atoms with van der Waals surface area (Å²) in [6.45, 7) is 15.0. The second kappa shape index (κ2) is 6.88. The van der Waals surface area contributed by atoms with Crippen molar-refractivity contribution in [3.8, 4) is 0 Å². The largest absolute Gasteiger partial charge is 0.384 e. The lowest BCUT2D eigenvalue weighted by molar-refractivity contribution is -0.144. The Kier molecular flexibility index (Phi) is 6.83. The Balaban J connectivity index is 4.95. The van der Waals surface area contributed by atoms with Crippen LogP contribution in [0.2, 0.25) is 0 Å². The van der Waals surface area contributed by atoms with Gasteiger partial charge in [-0.25, -0.2) is 0 Å². The van der Waals surface area contributed by atoms with Crippen LogP contribution in [-0.4, -0.2) is 39.6 Å². The zero-order valence-electron chi connectivity index (χ0n) is 13.6. The molecular formula is C15H32O3. The fraction of sp³-hybridized carbons (Fsp3) is 1.00. The molecule has 3 heteroatoms. The predicted molar refractivity (Wildman–Crippen MR) is 76.0 cm³/mol. The molecule has 3 nitrogen and oxygen atoms in total. The molecule has 0 radical (unpaired) electrons. The molecule has 18 heavy (non-hydrogen) atoms. The van der Waals surface area contributed by atoms with E-state index >= 15 is 0 Å². The molecular weight excluding hydrogens is 228 g/mol. The third-order valence-corrected chi connectivity index (χ3v) is 4.02. The van der Waals surface area contributed by atoms with Gasteiger partial charge in [-0.1, -0.05) is 27.7 Å². The minimum Gasteiger partial charge on any atom is -0.384 e. The highest BCUT2D eigenvalue weighted by atomic mass is 16.5. The number of hydrogen-bond acceptors (Lipinski definition) is 3. The van der Waals surface area contributed by atoms with Gasteiger partial charge in [0, 0.05) is 19.6 Å². The van der Waals surface area contributed by atoms with Crippen molar-refractivity contribution < 1.29 is 14.2 Å². The predicted octanol–water partition coefficient (Wildman–Crippen LogP) is 3.52. The molecule has 0 aliphatic heterocycles. The average molecular weight is 260 g/mol. The maximum absolute atomic E-state index is 6.12. The van der Waals surface area contributed by atoms with Crippen LogP contribution in [0.5, 0.6) is 0 Å². The first-order valence-corrected chi connectivity index (χ1v) is 6.76. The Morgan fingerprint density at radius 2 is 1.22 bits per heavy atom. The van der Waals surface area contributed by atoms with Gasteiger partial charge < -0.3 is 14.2 Å². The summed E-state index contributed by atoms with van der Waals surface area (Å²) in [6.07, 6.45) is 0.993. The van der Waals surface area contributed by atoms with Gasteiger partial charge in [-0.3, -0.25) is 0 Å². The third kappa shape index (κ3) is 4.87. The molecule has 0 spiro atoms. The molecule has 0 aromatic carbocycles. The second-order valence-corrected chi connectivity index (χ2v) is 6.80. The van der Waals surface area contributed by atoms with Crippen LogP contribution in [0.15, 0.2) is 0 Å². The molecule has 0 aliphatic carbocycles. The van der Waals surface area contributed by atoms with Crippen LogP contribution in [0.25, 0.3) is 0 Å². The Bertz CT molecular complexity index is 222. The van der Waals surface area contributed by atoms with Crippen molar-refractivity contribution >= 4 is 0 Å². The van der Waals surface area contributed by atoms with Gasteiger partial charge in [-0.05, 0) is 25.7 Å². The minimum absolute atomic E-state index is 0.0584. The van der Waals surface area contributed by atoms with Gasteiger partial charge in [0.2, 0.25) is 0 Å². The summed E-state index contributed by atoms with van der Waals surface area (Å²) in [5.74, 6) is 0. The van der Waals surface area contributed by atoms with Gasteiger partial charge in [-0.2, -0.15) is 0 Å². The van der Waals surface area contributed by atoms with Gasteiger partial charge in [-0.15, -0.1) is 0 Å². The fourth-order valence-electron chi connectivity index (χ4n) is 1.76. The van der Waals surface area contributed by atoms with E-state index in [2.05, 4.69) is 41.5 Å². The van der Waals surface area contributed by atoms with Crippen molar-refractivity contribution in [3.05, 3.63) is 0 Å². The first-order chi connectivity index (χ1) is 8.14. The normalized spacial score (nSPS) is 14.0. The first kappa shape index (κ1) is 17.9. The van der Waals surface area contributed by atoms with Crippen LogP contribution in [0.1, 0.15) is 48.0 Å². The zero-order chi connectivity index (χ0) is 14.4.